The van der Waals surface area contributed by atoms with Gasteiger partial charge in [-0.05, 0) is 57.2 Å². The molecule has 0 aromatic heterocycles. The van der Waals surface area contributed by atoms with Gasteiger partial charge in [-0.1, -0.05) is 43.9 Å². The zero-order valence-electron chi connectivity index (χ0n) is 14.0. The highest BCUT2D eigenvalue weighted by molar-refractivity contribution is 7.99. The van der Waals surface area contributed by atoms with Gasteiger partial charge >= 0.3 is 0 Å². The van der Waals surface area contributed by atoms with Crippen molar-refractivity contribution < 1.29 is 0 Å². The molecule has 0 heterocycles. The summed E-state index contributed by atoms with van der Waals surface area (Å²) in [6.45, 7) is 7.85. The van der Waals surface area contributed by atoms with Crippen LogP contribution in [0.5, 0.6) is 0 Å². The standard InChI is InChI=1S/C19H31NS/c1-4-12-20-18(17-8-6-5-7-9-17)14-21-19-13-15(2)10-11-16(19)3/h10-11,13,17-18,20H,4-9,12,14H2,1-3H3. The van der Waals surface area contributed by atoms with Gasteiger partial charge in [0.1, 0.15) is 0 Å². The number of aryl methyl sites for hydroxylation is 2. The first kappa shape index (κ1) is 16.9. The highest BCUT2D eigenvalue weighted by Crippen LogP contribution is 2.31. The molecule has 21 heavy (non-hydrogen) atoms. The third-order valence-electron chi connectivity index (χ3n) is 4.64. The minimum atomic E-state index is 0.690. The second-order valence-electron chi connectivity index (χ2n) is 6.54. The van der Waals surface area contributed by atoms with Crippen molar-refractivity contribution >= 4 is 11.8 Å². The Morgan fingerprint density at radius 2 is 1.95 bits per heavy atom. The van der Waals surface area contributed by atoms with Crippen LogP contribution >= 0.6 is 11.8 Å². The van der Waals surface area contributed by atoms with Gasteiger partial charge in [0.05, 0.1) is 0 Å². The smallest absolute Gasteiger partial charge is 0.0189 e. The van der Waals surface area contributed by atoms with Crippen molar-refractivity contribution in [3.05, 3.63) is 29.3 Å². The van der Waals surface area contributed by atoms with Crippen LogP contribution < -0.4 is 5.32 Å². The molecule has 1 aliphatic rings. The second-order valence-corrected chi connectivity index (χ2v) is 7.60. The van der Waals surface area contributed by atoms with Crippen LogP contribution in [0, 0.1) is 19.8 Å². The lowest BCUT2D eigenvalue weighted by molar-refractivity contribution is 0.285. The Morgan fingerprint density at radius 3 is 2.67 bits per heavy atom. The minimum absolute atomic E-state index is 0.690. The Morgan fingerprint density at radius 1 is 1.19 bits per heavy atom. The molecule has 1 aromatic rings. The number of benzene rings is 1. The number of hydrogen-bond acceptors (Lipinski definition) is 2. The number of rotatable bonds is 7. The summed E-state index contributed by atoms with van der Waals surface area (Å²) in [5.41, 5.74) is 2.79. The van der Waals surface area contributed by atoms with E-state index in [1.807, 2.05) is 0 Å². The summed E-state index contributed by atoms with van der Waals surface area (Å²) in [6, 6.07) is 7.51. The monoisotopic (exact) mass is 305 g/mol. The molecule has 0 radical (unpaired) electrons. The van der Waals surface area contributed by atoms with E-state index in [0.29, 0.717) is 6.04 Å². The van der Waals surface area contributed by atoms with Crippen molar-refractivity contribution in [3.63, 3.8) is 0 Å². The molecule has 1 nitrogen and oxygen atoms in total. The first-order valence-corrected chi connectivity index (χ1v) is 9.62. The third-order valence-corrected chi connectivity index (χ3v) is 5.91. The van der Waals surface area contributed by atoms with Crippen molar-refractivity contribution in [2.45, 2.75) is 70.2 Å². The zero-order valence-corrected chi connectivity index (χ0v) is 14.8. The topological polar surface area (TPSA) is 12.0 Å². The average molecular weight is 306 g/mol. The molecular weight excluding hydrogens is 274 g/mol. The Bertz CT molecular complexity index is 424. The maximum absolute atomic E-state index is 3.82. The van der Waals surface area contributed by atoms with Gasteiger partial charge in [0, 0.05) is 16.7 Å². The maximum atomic E-state index is 3.82. The van der Waals surface area contributed by atoms with E-state index < -0.39 is 0 Å². The van der Waals surface area contributed by atoms with Crippen LogP contribution in [0.15, 0.2) is 23.1 Å². The van der Waals surface area contributed by atoms with E-state index >= 15 is 0 Å². The van der Waals surface area contributed by atoms with E-state index in [0.717, 1.165) is 12.5 Å². The summed E-state index contributed by atoms with van der Waals surface area (Å²) >= 11 is 2.05. The van der Waals surface area contributed by atoms with Crippen LogP contribution in [0.2, 0.25) is 0 Å². The molecular formula is C19H31NS. The van der Waals surface area contributed by atoms with Gasteiger partial charge < -0.3 is 5.32 Å². The summed E-state index contributed by atoms with van der Waals surface area (Å²) in [4.78, 5) is 1.47. The Hall–Kier alpha value is -0.470. The minimum Gasteiger partial charge on any atom is -0.313 e. The van der Waals surface area contributed by atoms with E-state index in [4.69, 9.17) is 0 Å². The van der Waals surface area contributed by atoms with Crippen molar-refractivity contribution in [2.24, 2.45) is 5.92 Å². The highest BCUT2D eigenvalue weighted by atomic mass is 32.2. The van der Waals surface area contributed by atoms with Gasteiger partial charge in [-0.2, -0.15) is 0 Å². The largest absolute Gasteiger partial charge is 0.313 e. The molecule has 1 saturated carbocycles. The van der Waals surface area contributed by atoms with E-state index in [1.165, 1.54) is 60.3 Å². The zero-order chi connectivity index (χ0) is 15.1. The van der Waals surface area contributed by atoms with Crippen LogP contribution in [0.4, 0.5) is 0 Å². The molecule has 1 aromatic carbocycles. The lowest BCUT2D eigenvalue weighted by Gasteiger charge is -2.31. The highest BCUT2D eigenvalue weighted by Gasteiger charge is 2.23. The second kappa shape index (κ2) is 8.85. The molecule has 0 amide bonds. The van der Waals surface area contributed by atoms with Crippen LogP contribution in [-0.2, 0) is 0 Å². The van der Waals surface area contributed by atoms with Crippen LogP contribution in [0.25, 0.3) is 0 Å². The van der Waals surface area contributed by atoms with Crippen molar-refractivity contribution in [3.8, 4) is 0 Å². The van der Waals surface area contributed by atoms with E-state index in [-0.39, 0.29) is 0 Å². The Labute approximate surface area is 135 Å². The van der Waals surface area contributed by atoms with Gasteiger partial charge in [0.15, 0.2) is 0 Å². The normalized spacial score (nSPS) is 17.9. The SMILES string of the molecule is CCCNC(CSc1cc(C)ccc1C)C1CCCCC1. The Kier molecular flexibility index (Phi) is 7.12. The van der Waals surface area contributed by atoms with E-state index in [9.17, 15) is 0 Å². The molecule has 1 aliphatic carbocycles. The fourth-order valence-corrected chi connectivity index (χ4v) is 4.58. The van der Waals surface area contributed by atoms with Crippen molar-refractivity contribution in [1.29, 1.82) is 0 Å². The van der Waals surface area contributed by atoms with E-state index in [2.05, 4.69) is 56.0 Å². The molecule has 1 fully saturated rings. The molecule has 118 valence electrons. The molecule has 2 rings (SSSR count). The maximum Gasteiger partial charge on any atom is 0.0189 e. The first-order chi connectivity index (χ1) is 10.2. The molecule has 0 bridgehead atoms. The molecule has 1 N–H and O–H groups in total. The lowest BCUT2D eigenvalue weighted by atomic mass is 9.84. The lowest BCUT2D eigenvalue weighted by Crippen LogP contribution is -2.39. The van der Waals surface area contributed by atoms with Gasteiger partial charge in [-0.25, -0.2) is 0 Å². The fraction of sp³-hybridized carbons (Fsp3) is 0.684. The molecule has 2 heteroatoms. The predicted molar refractivity (Wildman–Crippen MR) is 95.3 cm³/mol. The summed E-state index contributed by atoms with van der Waals surface area (Å²) < 4.78 is 0. The molecule has 0 spiro atoms. The van der Waals surface area contributed by atoms with Crippen LogP contribution in [0.3, 0.4) is 0 Å². The molecule has 0 saturated heterocycles. The molecule has 1 unspecified atom stereocenters. The van der Waals surface area contributed by atoms with Crippen LogP contribution in [0.1, 0.15) is 56.6 Å². The summed E-state index contributed by atoms with van der Waals surface area (Å²) in [5, 5.41) is 3.82. The molecule has 1 atom stereocenters. The third kappa shape index (κ3) is 5.34. The molecule has 0 aliphatic heterocycles. The van der Waals surface area contributed by atoms with Gasteiger partial charge in [-0.3, -0.25) is 0 Å². The fourth-order valence-electron chi connectivity index (χ4n) is 3.27. The number of thioether (sulfide) groups is 1. The summed E-state index contributed by atoms with van der Waals surface area (Å²) in [6.07, 6.45) is 8.40. The van der Waals surface area contributed by atoms with Crippen molar-refractivity contribution in [1.82, 2.24) is 5.32 Å². The van der Waals surface area contributed by atoms with Gasteiger partial charge in [0.25, 0.3) is 0 Å². The van der Waals surface area contributed by atoms with Gasteiger partial charge in [-0.15, -0.1) is 11.8 Å². The first-order valence-electron chi connectivity index (χ1n) is 8.64. The summed E-state index contributed by atoms with van der Waals surface area (Å²) in [7, 11) is 0. The van der Waals surface area contributed by atoms with Gasteiger partial charge in [0.2, 0.25) is 0 Å². The summed E-state index contributed by atoms with van der Waals surface area (Å²) in [5.74, 6) is 2.11. The number of nitrogens with one attached hydrogen (secondary N) is 1. The quantitative estimate of drug-likeness (QED) is 0.682. The van der Waals surface area contributed by atoms with E-state index in [1.54, 1.807) is 0 Å². The predicted octanol–water partition coefficient (Wildman–Crippen LogP) is 5.34. The van der Waals surface area contributed by atoms with Crippen molar-refractivity contribution in [2.75, 3.05) is 12.3 Å². The average Bonchev–Trinajstić information content (AvgIpc) is 2.51. The van der Waals surface area contributed by atoms with Crippen LogP contribution in [-0.4, -0.2) is 18.3 Å². The number of hydrogen-bond donors (Lipinski definition) is 1. The Balaban J connectivity index is 1.95.